The minimum Gasteiger partial charge on any atom is -0.450 e. The Hall–Kier alpha value is -2.49. The minimum atomic E-state index is -0.280. The first kappa shape index (κ1) is 20.2. The van der Waals surface area contributed by atoms with Gasteiger partial charge < -0.3 is 19.9 Å². The van der Waals surface area contributed by atoms with Gasteiger partial charge in [0.15, 0.2) is 5.11 Å². The lowest BCUT2D eigenvalue weighted by atomic mass is 10.3. The minimum absolute atomic E-state index is 0.280. The standard InChI is InChI=1S/C18H27N7O2S/c1-4-27-18(26)25-9-7-24(8-10-25)16(23-17(28)21-14-5-6-14)22-15-19-12(2)11-13(3)20-15/h11,14H,4-10H2,1-3H3,(H2,19,20,21,22,23,28). The van der Waals surface area contributed by atoms with Crippen LogP contribution in [0.5, 0.6) is 0 Å². The molecule has 2 heterocycles. The highest BCUT2D eigenvalue weighted by atomic mass is 32.1. The van der Waals surface area contributed by atoms with Gasteiger partial charge in [0.2, 0.25) is 11.9 Å². The Bertz CT molecular complexity index is 738. The largest absolute Gasteiger partial charge is 0.450 e. The van der Waals surface area contributed by atoms with Crippen molar-refractivity contribution in [1.29, 1.82) is 0 Å². The van der Waals surface area contributed by atoms with Crippen LogP contribution in [0.3, 0.4) is 0 Å². The van der Waals surface area contributed by atoms with Gasteiger partial charge in [0.1, 0.15) is 0 Å². The van der Waals surface area contributed by atoms with E-state index in [9.17, 15) is 4.79 Å². The number of carbonyl (C=O) groups is 1. The quantitative estimate of drug-likeness (QED) is 0.446. The van der Waals surface area contributed by atoms with Crippen molar-refractivity contribution in [3.05, 3.63) is 17.5 Å². The van der Waals surface area contributed by atoms with Crippen LogP contribution in [-0.4, -0.2) is 75.8 Å². The molecule has 0 radical (unpaired) electrons. The van der Waals surface area contributed by atoms with Crippen LogP contribution < -0.4 is 10.6 Å². The van der Waals surface area contributed by atoms with E-state index < -0.39 is 0 Å². The number of thiocarbonyl (C=S) groups is 1. The molecule has 1 saturated heterocycles. The zero-order valence-corrected chi connectivity index (χ0v) is 17.4. The summed E-state index contributed by atoms with van der Waals surface area (Å²) in [6.07, 6.45) is 1.96. The van der Waals surface area contributed by atoms with Gasteiger partial charge in [0.25, 0.3) is 0 Å². The van der Waals surface area contributed by atoms with Crippen LogP contribution >= 0.6 is 12.2 Å². The van der Waals surface area contributed by atoms with Gasteiger partial charge in [0.05, 0.1) is 6.61 Å². The average Bonchev–Trinajstić information content (AvgIpc) is 3.44. The van der Waals surface area contributed by atoms with Gasteiger partial charge >= 0.3 is 6.09 Å². The molecule has 2 fully saturated rings. The van der Waals surface area contributed by atoms with E-state index in [1.165, 1.54) is 0 Å². The van der Waals surface area contributed by atoms with Crippen LogP contribution in [0, 0.1) is 13.8 Å². The molecule has 1 aliphatic carbocycles. The summed E-state index contributed by atoms with van der Waals surface area (Å²) in [7, 11) is 0. The maximum atomic E-state index is 11.9. The molecule has 0 unspecified atom stereocenters. The first-order valence-electron chi connectivity index (χ1n) is 9.59. The van der Waals surface area contributed by atoms with Gasteiger partial charge in [-0.05, 0) is 51.9 Å². The maximum absolute atomic E-state index is 11.9. The lowest BCUT2D eigenvalue weighted by molar-refractivity contribution is 0.0920. The summed E-state index contributed by atoms with van der Waals surface area (Å²) in [5.74, 6) is 1.07. The highest BCUT2D eigenvalue weighted by Crippen LogP contribution is 2.18. The Morgan fingerprint density at radius 2 is 1.82 bits per heavy atom. The molecule has 9 nitrogen and oxygen atoms in total. The highest BCUT2D eigenvalue weighted by Gasteiger charge is 2.26. The van der Waals surface area contributed by atoms with Gasteiger partial charge in [-0.2, -0.15) is 4.99 Å². The van der Waals surface area contributed by atoms with Crippen LogP contribution in [-0.2, 0) is 4.74 Å². The van der Waals surface area contributed by atoms with Crippen LogP contribution in [0.1, 0.15) is 31.2 Å². The zero-order valence-electron chi connectivity index (χ0n) is 16.6. The fraction of sp³-hybridized carbons (Fsp3) is 0.611. The van der Waals surface area contributed by atoms with Crippen LogP contribution in [0.2, 0.25) is 0 Å². The number of nitrogens with zero attached hydrogens (tertiary/aromatic N) is 5. The van der Waals surface area contributed by atoms with E-state index in [1.54, 1.807) is 11.8 Å². The Kier molecular flexibility index (Phi) is 6.61. The van der Waals surface area contributed by atoms with Crippen molar-refractivity contribution < 1.29 is 9.53 Å². The van der Waals surface area contributed by atoms with Gasteiger partial charge in [-0.1, -0.05) is 0 Å². The number of guanidine groups is 1. The molecule has 2 N–H and O–H groups in total. The first-order chi connectivity index (χ1) is 13.4. The molecule has 0 atom stereocenters. The molecule has 1 amide bonds. The van der Waals surface area contributed by atoms with Crippen molar-refractivity contribution in [2.24, 2.45) is 4.99 Å². The predicted molar refractivity (Wildman–Crippen MR) is 111 cm³/mol. The third-order valence-electron chi connectivity index (χ3n) is 4.42. The van der Waals surface area contributed by atoms with E-state index >= 15 is 0 Å². The van der Waals surface area contributed by atoms with E-state index in [0.717, 1.165) is 24.2 Å². The smallest absolute Gasteiger partial charge is 0.409 e. The zero-order chi connectivity index (χ0) is 20.1. The molecule has 1 aliphatic heterocycles. The maximum Gasteiger partial charge on any atom is 0.409 e. The lowest BCUT2D eigenvalue weighted by Crippen LogP contribution is -2.52. The molecule has 0 spiro atoms. The fourth-order valence-electron chi connectivity index (χ4n) is 2.91. The Labute approximate surface area is 170 Å². The Balaban J connectivity index is 1.71. The molecule has 2 aliphatic rings. The third kappa shape index (κ3) is 5.75. The molecule has 1 aromatic rings. The van der Waals surface area contributed by atoms with E-state index in [4.69, 9.17) is 17.0 Å². The van der Waals surface area contributed by atoms with Crippen molar-refractivity contribution in [1.82, 2.24) is 25.1 Å². The second-order valence-corrected chi connectivity index (χ2v) is 7.32. The first-order valence-corrected chi connectivity index (χ1v) is 10.0. The summed E-state index contributed by atoms with van der Waals surface area (Å²) >= 11 is 5.39. The van der Waals surface area contributed by atoms with E-state index in [0.29, 0.717) is 55.8 Å². The van der Waals surface area contributed by atoms with Crippen LogP contribution in [0.15, 0.2) is 11.1 Å². The van der Waals surface area contributed by atoms with Crippen molar-refractivity contribution in [3.8, 4) is 0 Å². The van der Waals surface area contributed by atoms with Crippen LogP contribution in [0.25, 0.3) is 0 Å². The van der Waals surface area contributed by atoms with E-state index in [-0.39, 0.29) is 6.09 Å². The summed E-state index contributed by atoms with van der Waals surface area (Å²) in [4.78, 5) is 29.1. The number of amides is 1. The summed E-state index contributed by atoms with van der Waals surface area (Å²) in [5.41, 5.74) is 1.75. The van der Waals surface area contributed by atoms with Crippen molar-refractivity contribution in [3.63, 3.8) is 0 Å². The summed E-state index contributed by atoms with van der Waals surface area (Å²) in [6.45, 7) is 8.36. The number of aromatic nitrogens is 2. The topological polar surface area (TPSA) is 95.0 Å². The second kappa shape index (κ2) is 9.13. The van der Waals surface area contributed by atoms with Crippen LogP contribution in [0.4, 0.5) is 10.7 Å². The van der Waals surface area contributed by atoms with Crippen molar-refractivity contribution >= 4 is 35.3 Å². The van der Waals surface area contributed by atoms with Gasteiger partial charge in [0, 0.05) is 43.6 Å². The molecule has 0 bridgehead atoms. The highest BCUT2D eigenvalue weighted by molar-refractivity contribution is 7.80. The van der Waals surface area contributed by atoms with Gasteiger partial charge in [-0.15, -0.1) is 0 Å². The van der Waals surface area contributed by atoms with Gasteiger partial charge in [-0.25, -0.2) is 14.8 Å². The summed E-state index contributed by atoms with van der Waals surface area (Å²) in [6, 6.07) is 2.34. The lowest BCUT2D eigenvalue weighted by Gasteiger charge is -2.35. The number of aryl methyl sites for hydroxylation is 2. The molecule has 0 aromatic carbocycles. The van der Waals surface area contributed by atoms with Gasteiger partial charge in [-0.3, -0.25) is 5.32 Å². The molecule has 28 heavy (non-hydrogen) atoms. The van der Waals surface area contributed by atoms with E-state index in [2.05, 4.69) is 30.5 Å². The predicted octanol–water partition coefficient (Wildman–Crippen LogP) is 1.67. The number of rotatable bonds is 3. The summed E-state index contributed by atoms with van der Waals surface area (Å²) in [5, 5.41) is 6.89. The van der Waals surface area contributed by atoms with E-state index in [1.807, 2.05) is 19.9 Å². The summed E-state index contributed by atoms with van der Waals surface area (Å²) < 4.78 is 5.09. The molecular weight excluding hydrogens is 378 g/mol. The van der Waals surface area contributed by atoms with Crippen molar-refractivity contribution in [2.45, 2.75) is 39.7 Å². The Morgan fingerprint density at radius 3 is 2.39 bits per heavy atom. The molecule has 152 valence electrons. The average molecular weight is 406 g/mol. The number of aliphatic imine (C=N–C) groups is 1. The monoisotopic (exact) mass is 405 g/mol. The third-order valence-corrected chi connectivity index (χ3v) is 4.63. The SMILES string of the molecule is CCOC(=O)N1CCN(/C(=N\C(=S)NC2CC2)Nc2nc(C)cc(C)n2)CC1. The molecule has 1 saturated carbocycles. The fourth-order valence-corrected chi connectivity index (χ4v) is 3.16. The van der Waals surface area contributed by atoms with Crippen molar-refractivity contribution in [2.75, 3.05) is 38.1 Å². The Morgan fingerprint density at radius 1 is 1.21 bits per heavy atom. The molecular formula is C18H27N7O2S. The number of nitrogens with one attached hydrogen (secondary N) is 2. The molecule has 1 aromatic heterocycles. The number of piperazine rings is 1. The number of hydrogen-bond acceptors (Lipinski definition) is 5. The molecule has 3 rings (SSSR count). The molecule has 10 heteroatoms. The number of anilines is 1. The normalized spacial score (nSPS) is 17.3. The second-order valence-electron chi connectivity index (χ2n) is 6.93. The number of ether oxygens (including phenoxy) is 1. The number of carbonyl (C=O) groups excluding carboxylic acids is 1. The number of hydrogen-bond donors (Lipinski definition) is 2.